The molecule has 1 aliphatic carbocycles. The number of ether oxygens (including phenoxy) is 1. The number of thiazole rings is 1. The number of aryl methyl sites for hydroxylation is 3. The minimum Gasteiger partial charge on any atom is -0.487 e. The third-order valence-electron chi connectivity index (χ3n) is 5.16. The summed E-state index contributed by atoms with van der Waals surface area (Å²) >= 11 is 1.66. The fourth-order valence-electron chi connectivity index (χ4n) is 3.57. The fourth-order valence-corrected chi connectivity index (χ4v) is 4.77. The standard InChI is InChI=1S/C23H23FN2O3S/c24-16-9-8-15(19(12-16)23-26-20-5-1-2-6-21(20)30-23)14-29-18-11-10-17(25-13-18)4-3-7-22(27)28/h8-13H,1-7,14H2,(H,27,28). The number of hydrogen-bond acceptors (Lipinski definition) is 5. The van der Waals surface area contributed by atoms with Crippen LogP contribution in [0, 0.1) is 5.82 Å². The lowest BCUT2D eigenvalue weighted by atomic mass is 10.0. The van der Waals surface area contributed by atoms with Crippen LogP contribution < -0.4 is 4.74 Å². The van der Waals surface area contributed by atoms with Gasteiger partial charge in [0.2, 0.25) is 0 Å². The minimum atomic E-state index is -0.800. The predicted molar refractivity (Wildman–Crippen MR) is 113 cm³/mol. The van der Waals surface area contributed by atoms with Gasteiger partial charge in [0.15, 0.2) is 0 Å². The highest BCUT2D eigenvalue weighted by atomic mass is 32.1. The highest BCUT2D eigenvalue weighted by molar-refractivity contribution is 7.15. The van der Waals surface area contributed by atoms with Gasteiger partial charge in [-0.3, -0.25) is 9.78 Å². The molecular weight excluding hydrogens is 403 g/mol. The van der Waals surface area contributed by atoms with Gasteiger partial charge in [-0.2, -0.15) is 0 Å². The zero-order valence-corrected chi connectivity index (χ0v) is 17.4. The number of aromatic nitrogens is 2. The van der Waals surface area contributed by atoms with Crippen molar-refractivity contribution >= 4 is 17.3 Å². The Kier molecular flexibility index (Phi) is 6.38. The molecule has 156 valence electrons. The van der Waals surface area contributed by atoms with E-state index in [2.05, 4.69) is 4.98 Å². The Balaban J connectivity index is 1.45. The predicted octanol–water partition coefficient (Wildman–Crippen LogP) is 5.21. The van der Waals surface area contributed by atoms with Crippen LogP contribution in [0.3, 0.4) is 0 Å². The summed E-state index contributed by atoms with van der Waals surface area (Å²) in [6.45, 7) is 0.292. The Morgan fingerprint density at radius 1 is 1.20 bits per heavy atom. The Labute approximate surface area is 178 Å². The zero-order valence-electron chi connectivity index (χ0n) is 16.6. The number of carbonyl (C=O) groups is 1. The number of rotatable bonds is 8. The summed E-state index contributed by atoms with van der Waals surface area (Å²) in [6, 6.07) is 8.40. The molecule has 0 fully saturated rings. The first-order chi connectivity index (χ1) is 14.6. The summed E-state index contributed by atoms with van der Waals surface area (Å²) in [5.41, 5.74) is 3.65. The van der Waals surface area contributed by atoms with Crippen molar-refractivity contribution in [3.63, 3.8) is 0 Å². The molecule has 0 spiro atoms. The smallest absolute Gasteiger partial charge is 0.303 e. The van der Waals surface area contributed by atoms with Crippen LogP contribution in [0.2, 0.25) is 0 Å². The number of pyridine rings is 1. The second-order valence-corrected chi connectivity index (χ2v) is 8.50. The Morgan fingerprint density at radius 2 is 2.07 bits per heavy atom. The van der Waals surface area contributed by atoms with Gasteiger partial charge in [0, 0.05) is 22.6 Å². The number of nitrogens with zero attached hydrogens (tertiary/aromatic N) is 2. The van der Waals surface area contributed by atoms with E-state index in [0.29, 0.717) is 25.2 Å². The number of carboxylic acids is 1. The lowest BCUT2D eigenvalue weighted by Crippen LogP contribution is -2.01. The van der Waals surface area contributed by atoms with Crippen LogP contribution >= 0.6 is 11.3 Å². The summed E-state index contributed by atoms with van der Waals surface area (Å²) in [7, 11) is 0. The Bertz CT molecular complexity index is 1010. The molecule has 1 N–H and O–H groups in total. The molecule has 2 aromatic heterocycles. The first-order valence-electron chi connectivity index (χ1n) is 10.2. The normalized spacial score (nSPS) is 13.1. The van der Waals surface area contributed by atoms with Gasteiger partial charge in [-0.15, -0.1) is 11.3 Å². The molecule has 0 saturated heterocycles. The first kappa shape index (κ1) is 20.5. The molecule has 0 radical (unpaired) electrons. The van der Waals surface area contributed by atoms with Gasteiger partial charge in [0.05, 0.1) is 11.9 Å². The number of aliphatic carboxylic acids is 1. The van der Waals surface area contributed by atoms with Gasteiger partial charge in [-0.25, -0.2) is 9.37 Å². The van der Waals surface area contributed by atoms with Crippen LogP contribution in [0.5, 0.6) is 5.75 Å². The van der Waals surface area contributed by atoms with Crippen molar-refractivity contribution in [2.24, 2.45) is 0 Å². The molecule has 0 atom stereocenters. The molecule has 0 bridgehead atoms. The molecule has 0 saturated carbocycles. The topological polar surface area (TPSA) is 72.3 Å². The highest BCUT2D eigenvalue weighted by Gasteiger charge is 2.18. The minimum absolute atomic E-state index is 0.132. The van der Waals surface area contributed by atoms with Crippen LogP contribution in [0.1, 0.15) is 47.5 Å². The molecule has 30 heavy (non-hydrogen) atoms. The van der Waals surface area contributed by atoms with Crippen molar-refractivity contribution in [3.05, 3.63) is 64.2 Å². The monoisotopic (exact) mass is 426 g/mol. The van der Waals surface area contributed by atoms with Gasteiger partial charge in [0.25, 0.3) is 0 Å². The lowest BCUT2D eigenvalue weighted by molar-refractivity contribution is -0.137. The van der Waals surface area contributed by atoms with Gasteiger partial charge >= 0.3 is 5.97 Å². The maximum Gasteiger partial charge on any atom is 0.303 e. The first-order valence-corrected chi connectivity index (χ1v) is 11.0. The average Bonchev–Trinajstić information content (AvgIpc) is 3.18. The van der Waals surface area contributed by atoms with Gasteiger partial charge in [-0.05, 0) is 68.4 Å². The van der Waals surface area contributed by atoms with E-state index in [1.165, 1.54) is 23.4 Å². The second kappa shape index (κ2) is 9.34. The molecule has 1 aromatic carbocycles. The van der Waals surface area contributed by atoms with Crippen molar-refractivity contribution in [2.75, 3.05) is 0 Å². The molecule has 4 rings (SSSR count). The van der Waals surface area contributed by atoms with E-state index in [9.17, 15) is 9.18 Å². The van der Waals surface area contributed by atoms with E-state index in [4.69, 9.17) is 14.8 Å². The van der Waals surface area contributed by atoms with Crippen molar-refractivity contribution in [2.45, 2.75) is 51.6 Å². The number of hydrogen-bond donors (Lipinski definition) is 1. The third-order valence-corrected chi connectivity index (χ3v) is 6.35. The van der Waals surface area contributed by atoms with Gasteiger partial charge in [-0.1, -0.05) is 6.07 Å². The molecule has 1 aliphatic rings. The third kappa shape index (κ3) is 5.02. The van der Waals surface area contributed by atoms with Crippen LogP contribution in [-0.4, -0.2) is 21.0 Å². The maximum absolute atomic E-state index is 14.0. The summed E-state index contributed by atoms with van der Waals surface area (Å²) in [5, 5.41) is 9.57. The Morgan fingerprint density at radius 3 is 2.83 bits per heavy atom. The molecule has 5 nitrogen and oxygen atoms in total. The van der Waals surface area contributed by atoms with Crippen LogP contribution in [0.4, 0.5) is 4.39 Å². The molecule has 2 heterocycles. The zero-order chi connectivity index (χ0) is 20.9. The lowest BCUT2D eigenvalue weighted by Gasteiger charge is -2.10. The summed E-state index contributed by atoms with van der Waals surface area (Å²) in [4.78, 5) is 21.0. The molecule has 0 unspecified atom stereocenters. The summed E-state index contributed by atoms with van der Waals surface area (Å²) < 4.78 is 19.9. The number of halogens is 1. The summed E-state index contributed by atoms with van der Waals surface area (Å²) in [5.74, 6) is -0.467. The van der Waals surface area contributed by atoms with Gasteiger partial charge < -0.3 is 9.84 Å². The highest BCUT2D eigenvalue weighted by Crippen LogP contribution is 2.35. The number of benzene rings is 1. The summed E-state index contributed by atoms with van der Waals surface area (Å²) in [6.07, 6.45) is 7.34. The van der Waals surface area contributed by atoms with Crippen LogP contribution in [0.15, 0.2) is 36.5 Å². The van der Waals surface area contributed by atoms with Crippen molar-refractivity contribution in [3.8, 4) is 16.3 Å². The van der Waals surface area contributed by atoms with E-state index in [1.54, 1.807) is 23.6 Å². The second-order valence-electron chi connectivity index (χ2n) is 7.42. The number of carboxylic acid groups (broad SMARTS) is 1. The largest absolute Gasteiger partial charge is 0.487 e. The van der Waals surface area contributed by atoms with Gasteiger partial charge in [0.1, 0.15) is 23.2 Å². The van der Waals surface area contributed by atoms with E-state index >= 15 is 0 Å². The Hall–Kier alpha value is -2.80. The van der Waals surface area contributed by atoms with Crippen LogP contribution in [-0.2, 0) is 30.7 Å². The molecule has 3 aromatic rings. The van der Waals surface area contributed by atoms with E-state index in [0.717, 1.165) is 46.8 Å². The fraction of sp³-hybridized carbons (Fsp3) is 0.348. The number of fused-ring (bicyclic) bond motifs is 1. The van der Waals surface area contributed by atoms with E-state index in [-0.39, 0.29) is 12.2 Å². The average molecular weight is 427 g/mol. The molecule has 0 amide bonds. The molecular formula is C23H23FN2O3S. The maximum atomic E-state index is 14.0. The van der Waals surface area contributed by atoms with Crippen molar-refractivity contribution in [1.29, 1.82) is 0 Å². The quantitative estimate of drug-likeness (QED) is 0.535. The van der Waals surface area contributed by atoms with Crippen molar-refractivity contribution < 1.29 is 19.0 Å². The molecule has 7 heteroatoms. The molecule has 0 aliphatic heterocycles. The SMILES string of the molecule is O=C(O)CCCc1ccc(OCc2ccc(F)cc2-c2nc3c(s2)CCCC3)cn1. The van der Waals surface area contributed by atoms with Crippen LogP contribution in [0.25, 0.3) is 10.6 Å². The van der Waals surface area contributed by atoms with E-state index < -0.39 is 5.97 Å². The van der Waals surface area contributed by atoms with E-state index in [1.807, 2.05) is 12.1 Å². The van der Waals surface area contributed by atoms with Crippen molar-refractivity contribution in [1.82, 2.24) is 9.97 Å².